The molecule has 5 nitrogen and oxygen atoms in total. The van der Waals surface area contributed by atoms with Crippen LogP contribution in [-0.2, 0) is 7.05 Å². The number of hydrogen-bond acceptors (Lipinski definition) is 5. The Morgan fingerprint density at radius 1 is 1.38 bits per heavy atom. The highest BCUT2D eigenvalue weighted by atomic mass is 32.1. The molecular weight excluding hydrogens is 324 g/mol. The van der Waals surface area contributed by atoms with Gasteiger partial charge in [0.15, 0.2) is 11.5 Å². The van der Waals surface area contributed by atoms with Crippen molar-refractivity contribution in [1.82, 2.24) is 4.57 Å². The van der Waals surface area contributed by atoms with Crippen LogP contribution in [0.1, 0.15) is 25.3 Å². The summed E-state index contributed by atoms with van der Waals surface area (Å²) in [5, 5.41) is 8.78. The fourth-order valence-electron chi connectivity index (χ4n) is 2.14. The maximum absolute atomic E-state index is 12.2. The number of rotatable bonds is 6. The number of thiazole rings is 1. The molecule has 6 heteroatoms. The predicted molar refractivity (Wildman–Crippen MR) is 95.9 cm³/mol. The van der Waals surface area contributed by atoms with Crippen LogP contribution in [0.2, 0.25) is 0 Å². The summed E-state index contributed by atoms with van der Waals surface area (Å²) < 4.78 is 13.8. The molecule has 0 aliphatic carbocycles. The number of nitrogens with zero attached hydrogens (tertiary/aromatic N) is 2. The zero-order chi connectivity index (χ0) is 17.5. The van der Waals surface area contributed by atoms with Crippen LogP contribution in [-0.4, -0.2) is 18.3 Å². The third-order valence-corrected chi connectivity index (χ3v) is 4.60. The lowest BCUT2D eigenvalue weighted by Gasteiger charge is -2.10. The van der Waals surface area contributed by atoms with E-state index in [0.29, 0.717) is 27.3 Å². The number of aromatic nitrogens is 1. The minimum absolute atomic E-state index is 0.120. The molecule has 0 bridgehead atoms. The fourth-order valence-corrected chi connectivity index (χ4v) is 3.11. The smallest absolute Gasteiger partial charge is 0.268 e. The van der Waals surface area contributed by atoms with Gasteiger partial charge in [-0.3, -0.25) is 4.79 Å². The van der Waals surface area contributed by atoms with Gasteiger partial charge in [0.05, 0.1) is 24.3 Å². The van der Waals surface area contributed by atoms with Crippen molar-refractivity contribution in [3.63, 3.8) is 0 Å². The van der Waals surface area contributed by atoms with Crippen molar-refractivity contribution in [3.05, 3.63) is 43.3 Å². The van der Waals surface area contributed by atoms with Gasteiger partial charge >= 0.3 is 0 Å². The Balaban J connectivity index is 2.45. The molecule has 0 aliphatic rings. The highest BCUT2D eigenvalue weighted by molar-refractivity contribution is 7.07. The monoisotopic (exact) mass is 344 g/mol. The first-order valence-corrected chi connectivity index (χ1v) is 8.50. The number of nitriles is 1. The lowest BCUT2D eigenvalue weighted by molar-refractivity contribution is 0.288. The molecule has 0 spiro atoms. The largest absolute Gasteiger partial charge is 0.493 e. The van der Waals surface area contributed by atoms with Gasteiger partial charge in [-0.25, -0.2) is 0 Å². The van der Waals surface area contributed by atoms with Gasteiger partial charge in [-0.05, 0) is 30.2 Å². The van der Waals surface area contributed by atoms with Crippen LogP contribution in [0.15, 0.2) is 23.0 Å². The Morgan fingerprint density at radius 3 is 2.83 bits per heavy atom. The fraction of sp³-hybridized carbons (Fsp3) is 0.333. The third-order valence-electron chi connectivity index (χ3n) is 3.49. The number of ether oxygens (including phenoxy) is 2. The Morgan fingerprint density at radius 2 is 2.17 bits per heavy atom. The van der Waals surface area contributed by atoms with Crippen molar-refractivity contribution < 1.29 is 9.47 Å². The minimum atomic E-state index is -0.120. The van der Waals surface area contributed by atoms with Crippen LogP contribution < -0.4 is 24.2 Å². The van der Waals surface area contributed by atoms with Crippen molar-refractivity contribution in [2.75, 3.05) is 13.7 Å². The quantitative estimate of drug-likeness (QED) is 0.749. The van der Waals surface area contributed by atoms with Gasteiger partial charge in [0, 0.05) is 13.1 Å². The Kier molecular flexibility index (Phi) is 6.21. The van der Waals surface area contributed by atoms with Crippen molar-refractivity contribution in [2.24, 2.45) is 7.05 Å². The predicted octanol–water partition coefficient (Wildman–Crippen LogP) is 1.77. The van der Waals surface area contributed by atoms with E-state index in [0.717, 1.165) is 18.4 Å². The third kappa shape index (κ3) is 4.06. The molecule has 0 saturated carbocycles. The first kappa shape index (κ1) is 17.8. The summed E-state index contributed by atoms with van der Waals surface area (Å²) in [5.41, 5.74) is 0.732. The molecule has 0 saturated heterocycles. The minimum Gasteiger partial charge on any atom is -0.493 e. The second kappa shape index (κ2) is 8.37. The number of unbranched alkanes of at least 4 members (excludes halogenated alkanes) is 1. The number of hydrogen-bond donors (Lipinski definition) is 0. The van der Waals surface area contributed by atoms with E-state index in [2.05, 4.69) is 6.92 Å². The van der Waals surface area contributed by atoms with Crippen molar-refractivity contribution in [2.45, 2.75) is 19.8 Å². The summed E-state index contributed by atoms with van der Waals surface area (Å²) in [4.78, 5) is 12.2. The number of benzene rings is 1. The molecule has 0 radical (unpaired) electrons. The van der Waals surface area contributed by atoms with E-state index in [1.54, 1.807) is 20.2 Å². The maximum atomic E-state index is 12.2. The van der Waals surface area contributed by atoms with Crippen LogP contribution in [0.25, 0.3) is 12.2 Å². The lowest BCUT2D eigenvalue weighted by Crippen LogP contribution is -2.28. The van der Waals surface area contributed by atoms with Gasteiger partial charge in [-0.2, -0.15) is 5.26 Å². The highest BCUT2D eigenvalue weighted by Gasteiger charge is 2.06. The van der Waals surface area contributed by atoms with Gasteiger partial charge < -0.3 is 14.0 Å². The highest BCUT2D eigenvalue weighted by Crippen LogP contribution is 2.28. The summed E-state index contributed by atoms with van der Waals surface area (Å²) >= 11 is 1.29. The van der Waals surface area contributed by atoms with Crippen LogP contribution in [0.5, 0.6) is 11.5 Å². The van der Waals surface area contributed by atoms with Gasteiger partial charge in [0.2, 0.25) is 0 Å². The topological polar surface area (TPSA) is 64.2 Å². The molecule has 2 aromatic rings. The maximum Gasteiger partial charge on any atom is 0.268 e. The number of methoxy groups -OCH3 is 1. The molecule has 0 atom stereocenters. The summed E-state index contributed by atoms with van der Waals surface area (Å²) in [6.07, 6.45) is 5.19. The van der Waals surface area contributed by atoms with Crippen LogP contribution in [0.3, 0.4) is 0 Å². The second-order valence-corrected chi connectivity index (χ2v) is 6.26. The van der Waals surface area contributed by atoms with Crippen molar-refractivity contribution in [3.8, 4) is 17.6 Å². The zero-order valence-corrected chi connectivity index (χ0v) is 14.9. The Hall–Kier alpha value is -2.52. The summed E-state index contributed by atoms with van der Waals surface area (Å²) in [6, 6.07) is 7.52. The molecule has 24 heavy (non-hydrogen) atoms. The Labute approximate surface area is 144 Å². The molecule has 126 valence electrons. The molecule has 0 amide bonds. The van der Waals surface area contributed by atoms with E-state index in [1.807, 2.05) is 24.3 Å². The summed E-state index contributed by atoms with van der Waals surface area (Å²) in [6.45, 7) is 2.73. The van der Waals surface area contributed by atoms with E-state index in [1.165, 1.54) is 22.0 Å². The second-order valence-electron chi connectivity index (χ2n) is 5.20. The van der Waals surface area contributed by atoms with Crippen molar-refractivity contribution in [1.29, 1.82) is 5.26 Å². The first-order valence-electron chi connectivity index (χ1n) is 7.69. The van der Waals surface area contributed by atoms with E-state index >= 15 is 0 Å². The van der Waals surface area contributed by atoms with Crippen LogP contribution in [0.4, 0.5) is 0 Å². The average Bonchev–Trinajstić information content (AvgIpc) is 2.84. The summed E-state index contributed by atoms with van der Waals surface area (Å²) in [7, 11) is 3.26. The first-order chi connectivity index (χ1) is 11.6. The molecule has 1 aromatic carbocycles. The molecule has 0 N–H and O–H groups in total. The zero-order valence-electron chi connectivity index (χ0n) is 14.0. The van der Waals surface area contributed by atoms with Gasteiger partial charge in [0.25, 0.3) is 5.56 Å². The molecule has 1 heterocycles. The average molecular weight is 344 g/mol. The molecule has 0 fully saturated rings. The van der Waals surface area contributed by atoms with Crippen LogP contribution in [0, 0.1) is 11.3 Å². The van der Waals surface area contributed by atoms with E-state index in [4.69, 9.17) is 14.7 Å². The van der Waals surface area contributed by atoms with E-state index < -0.39 is 0 Å². The Bertz CT molecular complexity index is 919. The SMILES string of the molecule is CCCCOc1cc(/C=c2\s/c(=C\C#N)n(C)c2=O)ccc1OC. The van der Waals surface area contributed by atoms with Crippen LogP contribution >= 0.6 is 11.3 Å². The summed E-state index contributed by atoms with van der Waals surface area (Å²) in [5.74, 6) is 1.33. The molecule has 1 aromatic heterocycles. The van der Waals surface area contributed by atoms with E-state index in [9.17, 15) is 4.79 Å². The normalized spacial score (nSPS) is 12.2. The standard InChI is InChI=1S/C18H20N2O3S/c1-4-5-10-23-15-11-13(6-7-14(15)22-3)12-16-18(21)20(2)17(24-16)8-9-19/h6-8,11-12H,4-5,10H2,1-3H3/b16-12-,17-8-. The van der Waals surface area contributed by atoms with E-state index in [-0.39, 0.29) is 5.56 Å². The van der Waals surface area contributed by atoms with Crippen molar-refractivity contribution >= 4 is 23.5 Å². The van der Waals surface area contributed by atoms with Gasteiger partial charge in [-0.1, -0.05) is 19.4 Å². The molecule has 0 unspecified atom stereocenters. The molecular formula is C18H20N2O3S. The molecule has 2 rings (SSSR count). The van der Waals surface area contributed by atoms with Gasteiger partial charge in [-0.15, -0.1) is 11.3 Å². The van der Waals surface area contributed by atoms with Gasteiger partial charge in [0.1, 0.15) is 4.66 Å². The lowest BCUT2D eigenvalue weighted by atomic mass is 10.2. The molecule has 0 aliphatic heterocycles.